The fourth-order valence-electron chi connectivity index (χ4n) is 0.718. The number of benzene rings is 2. The van der Waals surface area contributed by atoms with Gasteiger partial charge in [-0.15, -0.1) is 0 Å². The first-order valence-electron chi connectivity index (χ1n) is 8.37. The third-order valence-electron chi connectivity index (χ3n) is 1.44. The Kier molecular flexibility index (Phi) is 3.18. The topological polar surface area (TPSA) is 40.5 Å². The zero-order valence-electron chi connectivity index (χ0n) is 16.6. The minimum atomic E-state index is -2.04. The lowest BCUT2D eigenvalue weighted by Gasteiger charge is -1.96. The maximum absolute atomic E-state index is 8.83. The minimum Gasteiger partial charge on any atom is -0.423 e. The van der Waals surface area contributed by atoms with Crippen LogP contribution in [-0.2, 0) is 0 Å². The van der Waals surface area contributed by atoms with E-state index in [9.17, 15) is 0 Å². The van der Waals surface area contributed by atoms with E-state index in [4.69, 9.17) is 44.2 Å². The monoisotopic (exact) mass is 354 g/mol. The highest BCUT2D eigenvalue weighted by molar-refractivity contribution is 9.10. The first kappa shape index (κ1) is 7.32. The third kappa shape index (κ3) is 5.89. The smallest absolute Gasteiger partial charge is 0.423 e. The van der Waals surface area contributed by atoms with Gasteiger partial charge in [-0.05, 0) is 41.7 Å². The van der Waals surface area contributed by atoms with Crippen molar-refractivity contribution in [3.05, 3.63) is 62.9 Å². The molecule has 2 rings (SSSR count). The molecule has 0 aliphatic rings. The summed E-state index contributed by atoms with van der Waals surface area (Å²) in [6.07, 6.45) is 0. The predicted octanol–water partition coefficient (Wildman–Crippen LogP) is 3.12. The molecule has 0 aromatic heterocycles. The summed E-state index contributed by atoms with van der Waals surface area (Å²) < 4.78 is 58.4. The van der Waals surface area contributed by atoms with Crippen LogP contribution in [0.4, 0.5) is 0 Å². The van der Waals surface area contributed by atoms with E-state index in [0.29, 0.717) is 0 Å². The molecular weight excluding hydrogens is 338 g/mol. The standard InChI is InChI=1S/C6H6BClO2.C6H4BrCl/c8-6-3-1-5(2-4-6)7(9)10;7-5-1-3-6(8)4-2-5/h1-4,9-10H;1-4H/i2*1D,2D,3D,4D. The second-order valence-electron chi connectivity index (χ2n) is 2.73. The molecule has 0 unspecified atom stereocenters. The van der Waals surface area contributed by atoms with Crippen molar-refractivity contribution in [1.82, 2.24) is 0 Å². The molecule has 0 saturated carbocycles. The van der Waals surface area contributed by atoms with Crippen LogP contribution in [0.2, 0.25) is 10.0 Å². The second-order valence-corrected chi connectivity index (χ2v) is 4.28. The van der Waals surface area contributed by atoms with Crippen LogP contribution >= 0.6 is 39.1 Å². The van der Waals surface area contributed by atoms with Gasteiger partial charge in [-0.1, -0.05) is 51.2 Å². The van der Waals surface area contributed by atoms with Crippen LogP contribution < -0.4 is 5.46 Å². The van der Waals surface area contributed by atoms with E-state index in [2.05, 4.69) is 15.9 Å². The molecule has 0 amide bonds. The van der Waals surface area contributed by atoms with Gasteiger partial charge in [0.2, 0.25) is 0 Å². The first-order chi connectivity index (χ1) is 11.8. The van der Waals surface area contributed by atoms with Crippen molar-refractivity contribution in [2.75, 3.05) is 0 Å². The Morgan fingerprint density at radius 1 is 0.889 bits per heavy atom. The summed E-state index contributed by atoms with van der Waals surface area (Å²) in [5.41, 5.74) is -0.468. The van der Waals surface area contributed by atoms with Gasteiger partial charge < -0.3 is 10.0 Å². The molecule has 94 valence electrons. The number of hydrogen-bond donors (Lipinski definition) is 2. The molecule has 0 aliphatic carbocycles. The summed E-state index contributed by atoms with van der Waals surface area (Å²) in [7, 11) is -2.04. The van der Waals surface area contributed by atoms with E-state index in [1.165, 1.54) is 0 Å². The molecule has 6 heteroatoms. The maximum atomic E-state index is 8.83. The summed E-state index contributed by atoms with van der Waals surface area (Å²) in [6, 6.07) is -2.76. The molecule has 0 spiro atoms. The van der Waals surface area contributed by atoms with E-state index >= 15 is 0 Å². The zero-order chi connectivity index (χ0) is 20.5. The zero-order valence-corrected chi connectivity index (χ0v) is 11.7. The molecule has 0 bridgehead atoms. The van der Waals surface area contributed by atoms with Crippen LogP contribution in [0.3, 0.4) is 0 Å². The van der Waals surface area contributed by atoms with Crippen LogP contribution in [0.25, 0.3) is 0 Å². The van der Waals surface area contributed by atoms with Gasteiger partial charge in [-0.2, -0.15) is 0 Å². The molecule has 2 aromatic rings. The second kappa shape index (κ2) is 7.82. The molecular formula is C12H10BBrCl2O2. The van der Waals surface area contributed by atoms with Gasteiger partial charge in [0, 0.05) is 14.5 Å². The Labute approximate surface area is 136 Å². The lowest BCUT2D eigenvalue weighted by Crippen LogP contribution is -2.29. The van der Waals surface area contributed by atoms with E-state index < -0.39 is 36.8 Å². The number of rotatable bonds is 1. The van der Waals surface area contributed by atoms with Gasteiger partial charge in [0.1, 0.15) is 0 Å². The Bertz CT molecular complexity index is 734. The summed E-state index contributed by atoms with van der Waals surface area (Å²) in [5, 5.41) is 17.2. The lowest BCUT2D eigenvalue weighted by atomic mass is 9.81. The average molecular weight is 356 g/mol. The van der Waals surface area contributed by atoms with Gasteiger partial charge >= 0.3 is 7.12 Å². The van der Waals surface area contributed by atoms with Crippen molar-refractivity contribution >= 4 is 51.7 Å². The van der Waals surface area contributed by atoms with Crippen LogP contribution in [0, 0.1) is 0 Å². The van der Waals surface area contributed by atoms with Crippen LogP contribution in [-0.4, -0.2) is 17.2 Å². The molecule has 2 aromatic carbocycles. The Morgan fingerprint density at radius 2 is 1.28 bits per heavy atom. The van der Waals surface area contributed by atoms with Crippen molar-refractivity contribution in [2.24, 2.45) is 0 Å². The van der Waals surface area contributed by atoms with Gasteiger partial charge in [-0.25, -0.2) is 0 Å². The van der Waals surface area contributed by atoms with Crippen LogP contribution in [0.5, 0.6) is 0 Å². The van der Waals surface area contributed by atoms with Crippen molar-refractivity contribution < 1.29 is 21.0 Å². The predicted molar refractivity (Wildman–Crippen MR) is 80.4 cm³/mol. The molecule has 0 aliphatic heterocycles. The molecule has 0 fully saturated rings. The molecule has 2 nitrogen and oxygen atoms in total. The van der Waals surface area contributed by atoms with E-state index in [1.807, 2.05) is 0 Å². The largest absolute Gasteiger partial charge is 0.488 e. The van der Waals surface area contributed by atoms with Crippen molar-refractivity contribution in [2.45, 2.75) is 0 Å². The number of hydrogen-bond acceptors (Lipinski definition) is 2. The highest BCUT2D eigenvalue weighted by atomic mass is 79.9. The minimum absolute atomic E-state index is 0.141. The summed E-state index contributed by atoms with van der Waals surface area (Å²) in [6.45, 7) is 0. The average Bonchev–Trinajstić information content (AvgIpc) is 2.60. The molecule has 18 heavy (non-hydrogen) atoms. The quantitative estimate of drug-likeness (QED) is 0.772. The van der Waals surface area contributed by atoms with E-state index in [0.717, 1.165) is 0 Å². The highest BCUT2D eigenvalue weighted by Crippen LogP contribution is 2.13. The first-order valence-corrected chi connectivity index (χ1v) is 5.92. The van der Waals surface area contributed by atoms with Crippen LogP contribution in [0.15, 0.2) is 52.8 Å². The summed E-state index contributed by atoms with van der Waals surface area (Å²) in [4.78, 5) is 0. The molecule has 0 saturated heterocycles. The lowest BCUT2D eigenvalue weighted by molar-refractivity contribution is 0.426. The fraction of sp³-hybridized carbons (Fsp3) is 0. The maximum Gasteiger partial charge on any atom is 0.488 e. The molecule has 0 heterocycles. The highest BCUT2D eigenvalue weighted by Gasteiger charge is 2.08. The van der Waals surface area contributed by atoms with Gasteiger partial charge in [0.25, 0.3) is 0 Å². The molecule has 2 N–H and O–H groups in total. The summed E-state index contributed by atoms with van der Waals surface area (Å²) in [5.74, 6) is 0. The molecule has 0 radical (unpaired) electrons. The number of halogens is 3. The van der Waals surface area contributed by atoms with E-state index in [-0.39, 0.29) is 38.7 Å². The third-order valence-corrected chi connectivity index (χ3v) is 2.21. The van der Waals surface area contributed by atoms with Crippen LogP contribution in [0.1, 0.15) is 11.0 Å². The normalized spacial score (nSPS) is 15.6. The van der Waals surface area contributed by atoms with Crippen molar-refractivity contribution in [3.8, 4) is 0 Å². The summed E-state index contributed by atoms with van der Waals surface area (Å²) >= 11 is 14.0. The Hall–Kier alpha value is -0.515. The van der Waals surface area contributed by atoms with Gasteiger partial charge in [-0.3, -0.25) is 0 Å². The fourth-order valence-corrected chi connectivity index (χ4v) is 1.11. The van der Waals surface area contributed by atoms with Crippen molar-refractivity contribution in [3.63, 3.8) is 0 Å². The van der Waals surface area contributed by atoms with Crippen molar-refractivity contribution in [1.29, 1.82) is 0 Å². The van der Waals surface area contributed by atoms with E-state index in [1.54, 1.807) is 0 Å². The Balaban J connectivity index is 0.000000263. The van der Waals surface area contributed by atoms with Gasteiger partial charge in [0.05, 0.1) is 11.0 Å². The SMILES string of the molecule is [2H]c1c([2H])c(B(O)O)c([2H])c([2H])c1Cl.[2H]c1c([2H])c(Br)c([2H])c([2H])c1Cl. The van der Waals surface area contributed by atoms with Gasteiger partial charge in [0.15, 0.2) is 0 Å². The Morgan fingerprint density at radius 3 is 1.67 bits per heavy atom. The molecule has 0 atom stereocenters.